The summed E-state index contributed by atoms with van der Waals surface area (Å²) < 4.78 is 10.6. The Morgan fingerprint density at radius 1 is 1.31 bits per heavy atom. The normalized spacial score (nSPS) is 16.2. The molecule has 0 spiro atoms. The Morgan fingerprint density at radius 2 is 2.10 bits per heavy atom. The molecule has 2 aromatic carbocycles. The van der Waals surface area contributed by atoms with Crippen molar-refractivity contribution >= 4 is 52.1 Å². The summed E-state index contributed by atoms with van der Waals surface area (Å²) in [5.41, 5.74) is 7.35. The van der Waals surface area contributed by atoms with E-state index in [0.29, 0.717) is 32.3 Å². The van der Waals surface area contributed by atoms with Gasteiger partial charge >= 0.3 is 0 Å². The average Bonchev–Trinajstić information content (AvgIpc) is 3.03. The first-order chi connectivity index (χ1) is 13.9. The van der Waals surface area contributed by atoms with E-state index in [4.69, 9.17) is 26.8 Å². The zero-order valence-electron chi connectivity index (χ0n) is 15.7. The van der Waals surface area contributed by atoms with Gasteiger partial charge in [0.25, 0.3) is 11.8 Å². The van der Waals surface area contributed by atoms with Crippen molar-refractivity contribution in [3.8, 4) is 11.5 Å². The Bertz CT molecular complexity index is 1040. The maximum absolute atomic E-state index is 12.3. The summed E-state index contributed by atoms with van der Waals surface area (Å²) in [5, 5.41) is 3.83. The number of hydrogen-bond donors (Lipinski definition) is 2. The van der Waals surface area contributed by atoms with E-state index >= 15 is 0 Å². The molecule has 1 aliphatic heterocycles. The Balaban J connectivity index is 1.82. The van der Waals surface area contributed by atoms with E-state index in [1.54, 1.807) is 36.4 Å². The van der Waals surface area contributed by atoms with Crippen LogP contribution in [0.3, 0.4) is 0 Å². The zero-order valence-corrected chi connectivity index (χ0v) is 17.3. The lowest BCUT2D eigenvalue weighted by Crippen LogP contribution is -2.20. The summed E-state index contributed by atoms with van der Waals surface area (Å²) in [6.07, 6.45) is 1.72. The number of amides is 2. The highest BCUT2D eigenvalue weighted by atomic mass is 35.5. The smallest absolute Gasteiger partial charge is 0.264 e. The average molecular weight is 432 g/mol. The molecule has 2 aromatic rings. The molecule has 7 nitrogen and oxygen atoms in total. The Morgan fingerprint density at radius 3 is 2.83 bits per heavy atom. The summed E-state index contributed by atoms with van der Waals surface area (Å²) in [4.78, 5) is 28.2. The molecule has 1 aliphatic rings. The Labute approximate surface area is 176 Å². The van der Waals surface area contributed by atoms with E-state index in [9.17, 15) is 9.59 Å². The number of benzene rings is 2. The summed E-state index contributed by atoms with van der Waals surface area (Å²) in [6, 6.07) is 10.5. The molecule has 0 atom stereocenters. The lowest BCUT2D eigenvalue weighted by atomic mass is 10.2. The minimum absolute atomic E-state index is 0.249. The van der Waals surface area contributed by atoms with Gasteiger partial charge in [0.15, 0.2) is 23.3 Å². The second kappa shape index (κ2) is 9.02. The van der Waals surface area contributed by atoms with Crippen LogP contribution in [0, 0.1) is 6.92 Å². The van der Waals surface area contributed by atoms with Crippen LogP contribution in [0.5, 0.6) is 11.5 Å². The van der Waals surface area contributed by atoms with Crippen LogP contribution in [-0.2, 0) is 9.59 Å². The van der Waals surface area contributed by atoms with Gasteiger partial charge in [-0.05, 0) is 60.2 Å². The lowest BCUT2D eigenvalue weighted by Gasteiger charge is -2.10. The number of ether oxygens (including phenoxy) is 2. The van der Waals surface area contributed by atoms with Crippen molar-refractivity contribution in [3.63, 3.8) is 0 Å². The molecule has 3 rings (SSSR count). The lowest BCUT2D eigenvalue weighted by molar-refractivity contribution is -0.120. The highest BCUT2D eigenvalue weighted by Crippen LogP contribution is 2.33. The molecule has 0 bridgehead atoms. The minimum atomic E-state index is -0.584. The number of halogens is 1. The zero-order chi connectivity index (χ0) is 21.0. The van der Waals surface area contributed by atoms with Gasteiger partial charge in [-0.1, -0.05) is 23.7 Å². The molecule has 1 heterocycles. The quantitative estimate of drug-likeness (QED) is 0.682. The van der Waals surface area contributed by atoms with Crippen LogP contribution >= 0.6 is 23.4 Å². The molecular formula is C20H18ClN3O4S. The monoisotopic (exact) mass is 431 g/mol. The first kappa shape index (κ1) is 20.8. The number of carbonyl (C=O) groups is 2. The number of thioether (sulfide) groups is 1. The number of primary amides is 1. The number of nitrogens with two attached hydrogens (primary N) is 1. The fraction of sp³-hybridized carbons (Fsp3) is 0.150. The molecule has 150 valence electrons. The summed E-state index contributed by atoms with van der Waals surface area (Å²) in [7, 11) is 1.48. The van der Waals surface area contributed by atoms with E-state index in [-0.39, 0.29) is 12.5 Å². The van der Waals surface area contributed by atoms with Gasteiger partial charge in [0.1, 0.15) is 0 Å². The topological polar surface area (TPSA) is 103 Å². The van der Waals surface area contributed by atoms with Crippen LogP contribution in [0.1, 0.15) is 11.1 Å². The Kier molecular flexibility index (Phi) is 6.46. The van der Waals surface area contributed by atoms with E-state index in [1.165, 1.54) is 18.9 Å². The number of amidine groups is 1. The van der Waals surface area contributed by atoms with E-state index < -0.39 is 5.91 Å². The number of carbonyl (C=O) groups excluding carboxylic acids is 2. The SMILES string of the molecule is COc1cc(/C=C2/SC(=Nc3cccc(Cl)c3C)NC2=O)ccc1OCC(N)=O. The van der Waals surface area contributed by atoms with E-state index in [0.717, 1.165) is 11.1 Å². The number of rotatable bonds is 6. The maximum Gasteiger partial charge on any atom is 0.264 e. The highest BCUT2D eigenvalue weighted by Gasteiger charge is 2.24. The second-order valence-electron chi connectivity index (χ2n) is 6.03. The number of aliphatic imine (C=N–C) groups is 1. The molecule has 0 saturated carbocycles. The molecule has 2 amide bonds. The largest absolute Gasteiger partial charge is 0.493 e. The predicted octanol–water partition coefficient (Wildman–Crippen LogP) is 3.41. The van der Waals surface area contributed by atoms with Crippen LogP contribution in [0.15, 0.2) is 46.3 Å². The summed E-state index contributed by atoms with van der Waals surface area (Å²) in [6.45, 7) is 1.62. The molecule has 1 saturated heterocycles. The molecule has 0 radical (unpaired) electrons. The van der Waals surface area contributed by atoms with Crippen molar-refractivity contribution in [2.24, 2.45) is 10.7 Å². The van der Waals surface area contributed by atoms with Gasteiger partial charge in [0.2, 0.25) is 0 Å². The van der Waals surface area contributed by atoms with Crippen molar-refractivity contribution in [1.29, 1.82) is 0 Å². The molecule has 1 fully saturated rings. The number of methoxy groups -OCH3 is 1. The van der Waals surface area contributed by atoms with Crippen LogP contribution in [0.2, 0.25) is 5.02 Å². The summed E-state index contributed by atoms with van der Waals surface area (Å²) >= 11 is 7.35. The fourth-order valence-corrected chi connectivity index (χ4v) is 3.50. The van der Waals surface area contributed by atoms with Gasteiger partial charge in [-0.2, -0.15) is 0 Å². The van der Waals surface area contributed by atoms with Crippen molar-refractivity contribution in [2.75, 3.05) is 13.7 Å². The Hall–Kier alpha value is -2.97. The van der Waals surface area contributed by atoms with Crippen LogP contribution < -0.4 is 20.5 Å². The molecule has 0 unspecified atom stereocenters. The standard InChI is InChI=1S/C20H18ClN3O4S/c1-11-13(21)4-3-5-14(11)23-20-24-19(26)17(29-20)9-12-6-7-15(16(8-12)27-2)28-10-18(22)25/h3-9H,10H2,1-2H3,(H2,22,25)(H,23,24,26)/b17-9+. The first-order valence-corrected chi connectivity index (χ1v) is 9.70. The third kappa shape index (κ3) is 5.10. The minimum Gasteiger partial charge on any atom is -0.493 e. The van der Waals surface area contributed by atoms with Gasteiger partial charge < -0.3 is 20.5 Å². The molecule has 0 aliphatic carbocycles. The third-order valence-electron chi connectivity index (χ3n) is 3.97. The first-order valence-electron chi connectivity index (χ1n) is 8.51. The number of nitrogens with one attached hydrogen (secondary N) is 1. The highest BCUT2D eigenvalue weighted by molar-refractivity contribution is 8.18. The number of nitrogens with zero attached hydrogens (tertiary/aromatic N) is 1. The molecular weight excluding hydrogens is 414 g/mol. The van der Waals surface area contributed by atoms with Crippen LogP contribution in [-0.4, -0.2) is 30.7 Å². The number of hydrogen-bond acceptors (Lipinski definition) is 6. The van der Waals surface area contributed by atoms with Crippen LogP contribution in [0.25, 0.3) is 6.08 Å². The maximum atomic E-state index is 12.3. The van der Waals surface area contributed by atoms with Gasteiger partial charge in [0.05, 0.1) is 17.7 Å². The second-order valence-corrected chi connectivity index (χ2v) is 7.47. The molecule has 29 heavy (non-hydrogen) atoms. The predicted molar refractivity (Wildman–Crippen MR) is 115 cm³/mol. The van der Waals surface area contributed by atoms with Gasteiger partial charge in [-0.15, -0.1) is 0 Å². The van der Waals surface area contributed by atoms with Crippen molar-refractivity contribution < 1.29 is 19.1 Å². The fourth-order valence-electron chi connectivity index (χ4n) is 2.50. The van der Waals surface area contributed by atoms with Gasteiger partial charge in [0, 0.05) is 5.02 Å². The molecule has 3 N–H and O–H groups in total. The van der Waals surface area contributed by atoms with Crippen molar-refractivity contribution in [3.05, 3.63) is 57.5 Å². The summed E-state index contributed by atoms with van der Waals surface area (Å²) in [5.74, 6) is -0.0245. The van der Waals surface area contributed by atoms with Crippen LogP contribution in [0.4, 0.5) is 5.69 Å². The van der Waals surface area contributed by atoms with E-state index in [2.05, 4.69) is 10.3 Å². The van der Waals surface area contributed by atoms with Gasteiger partial charge in [-0.3, -0.25) is 9.59 Å². The van der Waals surface area contributed by atoms with E-state index in [1.807, 2.05) is 13.0 Å². The molecule has 0 aromatic heterocycles. The third-order valence-corrected chi connectivity index (χ3v) is 5.29. The van der Waals surface area contributed by atoms with Gasteiger partial charge in [-0.25, -0.2) is 4.99 Å². The van der Waals surface area contributed by atoms with Crippen molar-refractivity contribution in [2.45, 2.75) is 6.92 Å². The molecule has 9 heteroatoms. The van der Waals surface area contributed by atoms with Crippen molar-refractivity contribution in [1.82, 2.24) is 5.32 Å².